The minimum atomic E-state index is -0.528. The van der Waals surface area contributed by atoms with Crippen molar-refractivity contribution in [3.63, 3.8) is 0 Å². The first-order valence-corrected chi connectivity index (χ1v) is 14.9. The molecule has 4 aromatic carbocycles. The number of nitro benzene ring substituents is 2. The summed E-state index contributed by atoms with van der Waals surface area (Å²) in [7, 11) is 5.91. The molecule has 0 radical (unpaired) electrons. The number of azo groups is 1. The summed E-state index contributed by atoms with van der Waals surface area (Å²) in [5.74, 6) is 1.59. The van der Waals surface area contributed by atoms with E-state index in [9.17, 15) is 29.8 Å². The lowest BCUT2D eigenvalue weighted by atomic mass is 10.1. The fourth-order valence-corrected chi connectivity index (χ4v) is 4.48. The number of nitro groups is 2. The average Bonchev–Trinajstić information content (AvgIpc) is 3.12. The number of ketones is 2. The van der Waals surface area contributed by atoms with Crippen molar-refractivity contribution in [3.8, 4) is 23.0 Å². The zero-order valence-corrected chi connectivity index (χ0v) is 27.8. The highest BCUT2D eigenvalue weighted by molar-refractivity contribution is 6.28. The number of aliphatic imine (C=N–C) groups is 1. The van der Waals surface area contributed by atoms with Crippen molar-refractivity contribution in [1.29, 1.82) is 0 Å². The molecule has 0 saturated carbocycles. The van der Waals surface area contributed by atoms with Crippen molar-refractivity contribution in [2.75, 3.05) is 35.0 Å². The van der Waals surface area contributed by atoms with Crippen LogP contribution in [0, 0.1) is 20.2 Å². The largest absolute Gasteiger partial charge is 0.496 e. The van der Waals surface area contributed by atoms with E-state index in [1.165, 1.54) is 50.8 Å². The van der Waals surface area contributed by atoms with Crippen molar-refractivity contribution < 1.29 is 38.4 Å². The van der Waals surface area contributed by atoms with E-state index in [0.29, 0.717) is 28.5 Å². The van der Waals surface area contributed by atoms with Crippen LogP contribution in [0.3, 0.4) is 0 Å². The van der Waals surface area contributed by atoms with Crippen LogP contribution in [0.2, 0.25) is 0 Å². The predicted octanol–water partition coefficient (Wildman–Crippen LogP) is 6.50. The van der Waals surface area contributed by atoms with E-state index in [4.69, 9.17) is 18.9 Å². The number of carbonyl (C=O) groups excluding carboxylic acids is 2. The van der Waals surface area contributed by atoms with Gasteiger partial charge in [0, 0.05) is 41.7 Å². The molecule has 0 aliphatic carbocycles. The van der Waals surface area contributed by atoms with Crippen LogP contribution in [-0.2, 0) is 29.0 Å². The normalized spacial score (nSPS) is 10.6. The second kappa shape index (κ2) is 19.3. The van der Waals surface area contributed by atoms with Crippen LogP contribution in [0.1, 0.15) is 16.7 Å². The zero-order valence-electron chi connectivity index (χ0n) is 27.8. The van der Waals surface area contributed by atoms with E-state index in [0.717, 1.165) is 11.1 Å². The molecule has 4 aromatic rings. The smallest absolute Gasteiger partial charge is 0.273 e. The molecule has 0 amide bonds. The van der Waals surface area contributed by atoms with Crippen molar-refractivity contribution in [3.05, 3.63) is 122 Å². The summed E-state index contributed by atoms with van der Waals surface area (Å²) < 4.78 is 20.6. The Balaban J connectivity index is 0.000000270. The summed E-state index contributed by atoms with van der Waals surface area (Å²) in [6.07, 6.45) is 1.62. The Hall–Kier alpha value is -6.51. The first-order valence-electron chi connectivity index (χ1n) is 14.9. The summed E-state index contributed by atoms with van der Waals surface area (Å²) in [5.41, 5.74) is 2.37. The number of non-ortho nitro benzene ring substituents is 2. The number of carbonyl (C=O) groups is 2. The van der Waals surface area contributed by atoms with Gasteiger partial charge in [-0.15, -0.1) is 0 Å². The maximum atomic E-state index is 12.0. The monoisotopic (exact) mass is 685 g/mol. The first-order chi connectivity index (χ1) is 24.1. The highest BCUT2D eigenvalue weighted by Crippen LogP contribution is 2.31. The van der Waals surface area contributed by atoms with Gasteiger partial charge in [-0.1, -0.05) is 36.4 Å². The average molecular weight is 686 g/mol. The Morgan fingerprint density at radius 1 is 0.660 bits per heavy atom. The van der Waals surface area contributed by atoms with Gasteiger partial charge in [-0.25, -0.2) is 0 Å². The standard InChI is InChI=1S/C18H18N2O5.C17H17N3O5/c1-24-17-6-4-3-5-13(17)9-16(21)12-19-11-14-7-8-15(20(22)23)10-18(14)25-2;1-24-16-6-4-3-5-12(16)9-14(21)11-18-19-15-8-7-13(20(22)23)10-17(15)25-2/h3-8,10,12H,9,11H2,1-2H3;3-8,10H,9,11H2,1-2H3. The maximum absolute atomic E-state index is 12.0. The molecule has 50 heavy (non-hydrogen) atoms. The molecule has 0 aliphatic heterocycles. The lowest BCUT2D eigenvalue weighted by molar-refractivity contribution is -0.385. The summed E-state index contributed by atoms with van der Waals surface area (Å²) in [5, 5.41) is 29.3. The van der Waals surface area contributed by atoms with Gasteiger partial charge in [-0.2, -0.15) is 10.2 Å². The number of nitrogens with zero attached hydrogens (tertiary/aromatic N) is 5. The molecule has 0 atom stereocenters. The third kappa shape index (κ3) is 11.3. The van der Waals surface area contributed by atoms with Crippen LogP contribution in [0.4, 0.5) is 17.1 Å². The second-order valence-corrected chi connectivity index (χ2v) is 10.2. The highest BCUT2D eigenvalue weighted by atomic mass is 16.6. The van der Waals surface area contributed by atoms with Crippen LogP contribution < -0.4 is 18.9 Å². The van der Waals surface area contributed by atoms with Crippen molar-refractivity contribution in [2.24, 2.45) is 15.2 Å². The number of benzene rings is 4. The van der Waals surface area contributed by atoms with Gasteiger partial charge >= 0.3 is 0 Å². The van der Waals surface area contributed by atoms with Crippen molar-refractivity contribution in [2.45, 2.75) is 19.4 Å². The fourth-order valence-electron chi connectivity index (χ4n) is 4.48. The molecule has 0 heterocycles. The number of hydrogen-bond acceptors (Lipinski definition) is 13. The molecule has 0 saturated heterocycles. The minimum absolute atomic E-state index is 0.0585. The molecule has 0 unspecified atom stereocenters. The van der Waals surface area contributed by atoms with Crippen LogP contribution in [0.15, 0.2) is 100 Å². The summed E-state index contributed by atoms with van der Waals surface area (Å²) in [4.78, 5) is 48.7. The highest BCUT2D eigenvalue weighted by Gasteiger charge is 2.13. The van der Waals surface area contributed by atoms with Gasteiger partial charge in [-0.05, 0) is 24.3 Å². The van der Waals surface area contributed by atoms with Gasteiger partial charge in [0.15, 0.2) is 17.3 Å². The van der Waals surface area contributed by atoms with E-state index in [1.807, 2.05) is 36.4 Å². The molecule has 0 aliphatic rings. The number of hydrogen-bond donors (Lipinski definition) is 0. The Labute approximate surface area is 287 Å². The van der Waals surface area contributed by atoms with Gasteiger partial charge in [0.1, 0.15) is 29.5 Å². The van der Waals surface area contributed by atoms with Crippen LogP contribution in [0.25, 0.3) is 0 Å². The minimum Gasteiger partial charge on any atom is -0.496 e. The number of ether oxygens (including phenoxy) is 4. The Kier molecular flexibility index (Phi) is 14.7. The molecule has 4 rings (SSSR count). The van der Waals surface area contributed by atoms with Crippen LogP contribution >= 0.6 is 0 Å². The van der Waals surface area contributed by atoms with E-state index in [-0.39, 0.29) is 54.6 Å². The van der Waals surface area contributed by atoms with E-state index >= 15 is 0 Å². The lowest BCUT2D eigenvalue weighted by Crippen LogP contribution is -2.07. The topological polar surface area (TPSA) is 194 Å². The third-order valence-electron chi connectivity index (χ3n) is 6.92. The fraction of sp³-hybridized carbons (Fsp3) is 0.229. The number of Topliss-reactive ketones (excluding diaryl/α,β-unsaturated/α-hetero) is 2. The Morgan fingerprint density at radius 3 is 1.74 bits per heavy atom. The second-order valence-electron chi connectivity index (χ2n) is 10.2. The molecule has 0 N–H and O–H groups in total. The van der Waals surface area contributed by atoms with Gasteiger partial charge < -0.3 is 18.9 Å². The van der Waals surface area contributed by atoms with Crippen molar-refractivity contribution in [1.82, 2.24) is 0 Å². The lowest BCUT2D eigenvalue weighted by Gasteiger charge is -2.06. The quantitative estimate of drug-likeness (QED) is 0.0543. The predicted molar refractivity (Wildman–Crippen MR) is 184 cm³/mol. The molecular formula is C35H35N5O10. The zero-order chi connectivity index (χ0) is 36.5. The molecule has 260 valence electrons. The number of rotatable bonds is 16. The molecule has 0 fully saturated rings. The molecule has 0 aromatic heterocycles. The van der Waals surface area contributed by atoms with Crippen LogP contribution in [0.5, 0.6) is 23.0 Å². The van der Waals surface area contributed by atoms with Crippen molar-refractivity contribution >= 4 is 34.8 Å². The summed E-state index contributed by atoms with van der Waals surface area (Å²) in [6, 6.07) is 22.8. The van der Waals surface area contributed by atoms with E-state index < -0.39 is 9.85 Å². The number of methoxy groups -OCH3 is 4. The molecule has 15 nitrogen and oxygen atoms in total. The van der Waals surface area contributed by atoms with Gasteiger partial charge in [0.05, 0.1) is 63.2 Å². The summed E-state index contributed by atoms with van der Waals surface area (Å²) in [6.45, 7) is 0.0804. The third-order valence-corrected chi connectivity index (χ3v) is 6.92. The molecule has 0 bridgehead atoms. The summed E-state index contributed by atoms with van der Waals surface area (Å²) >= 11 is 0. The maximum Gasteiger partial charge on any atom is 0.273 e. The van der Waals surface area contributed by atoms with E-state index in [2.05, 4.69) is 15.2 Å². The number of para-hydroxylation sites is 2. The Morgan fingerprint density at radius 2 is 1.18 bits per heavy atom. The molecular weight excluding hydrogens is 650 g/mol. The Bertz CT molecular complexity index is 1880. The first kappa shape index (κ1) is 37.9. The van der Waals surface area contributed by atoms with Crippen LogP contribution in [-0.4, -0.2) is 62.6 Å². The molecule has 15 heteroatoms. The molecule has 0 spiro atoms. The van der Waals surface area contributed by atoms with Gasteiger partial charge in [0.25, 0.3) is 11.4 Å². The SMILES string of the molecule is COc1cc([N+](=O)[O-])ccc1CN=CC(=O)Cc1ccccc1OC.COc1ccccc1CC(=O)CN=Nc1ccc([N+](=O)[O-])cc1OC. The van der Waals surface area contributed by atoms with Gasteiger partial charge in [0.2, 0.25) is 0 Å². The van der Waals surface area contributed by atoms with Gasteiger partial charge in [-0.3, -0.25) is 34.8 Å². The van der Waals surface area contributed by atoms with E-state index in [1.54, 1.807) is 32.4 Å².